The summed E-state index contributed by atoms with van der Waals surface area (Å²) >= 11 is 1.91. The molecule has 14 rings (SSSR count). The molecule has 4 aliphatic rings. The molecule has 0 fully saturated rings. The molecule has 1 radical (unpaired) electrons. The molecular formula is C66H60BN2S. The highest BCUT2D eigenvalue weighted by Crippen LogP contribution is 2.57. The van der Waals surface area contributed by atoms with Gasteiger partial charge in [-0.25, -0.2) is 0 Å². The maximum atomic E-state index is 4.07. The van der Waals surface area contributed by atoms with Crippen molar-refractivity contribution in [3.63, 3.8) is 0 Å². The maximum absolute atomic E-state index is 4.07. The van der Waals surface area contributed by atoms with Gasteiger partial charge in [0.2, 0.25) is 0 Å². The molecule has 0 bridgehead atoms. The van der Waals surface area contributed by atoms with Crippen LogP contribution in [-0.4, -0.2) is 11.8 Å². The van der Waals surface area contributed by atoms with Crippen LogP contribution in [0.15, 0.2) is 133 Å². The Morgan fingerprint density at radius 3 is 1.93 bits per heavy atom. The van der Waals surface area contributed by atoms with Crippen LogP contribution in [0.4, 0.5) is 11.4 Å². The summed E-state index contributed by atoms with van der Waals surface area (Å²) in [7, 11) is 2.53. The van der Waals surface area contributed by atoms with Crippen molar-refractivity contribution in [3.8, 4) is 39.1 Å². The lowest BCUT2D eigenvalue weighted by atomic mass is 9.59. The fraction of sp³-hybridized carbons (Fsp3) is 0.273. The molecule has 0 saturated heterocycles. The third kappa shape index (κ3) is 5.69. The molecule has 1 N–H and O–H groups in total. The summed E-state index contributed by atoms with van der Waals surface area (Å²) in [5.74, 6) is 0. The second-order valence-corrected chi connectivity index (χ2v) is 25.8. The summed E-state index contributed by atoms with van der Waals surface area (Å²) in [5, 5.41) is 9.34. The Hall–Kier alpha value is -6.36. The lowest BCUT2D eigenvalue weighted by Crippen LogP contribution is -2.37. The van der Waals surface area contributed by atoms with E-state index in [-0.39, 0.29) is 27.1 Å². The fourth-order valence-corrected chi connectivity index (χ4v) is 14.7. The van der Waals surface area contributed by atoms with E-state index in [1.807, 2.05) is 11.3 Å². The third-order valence-corrected chi connectivity index (χ3v) is 19.0. The molecule has 8 aromatic carbocycles. The maximum Gasteiger partial charge on any atom is 0.197 e. The number of benzene rings is 8. The van der Waals surface area contributed by atoms with Crippen LogP contribution in [0.25, 0.3) is 81.0 Å². The van der Waals surface area contributed by atoms with Gasteiger partial charge >= 0.3 is 0 Å². The number of nitrogens with one attached hydrogen (secondary N) is 1. The van der Waals surface area contributed by atoms with Gasteiger partial charge in [0.25, 0.3) is 0 Å². The Bertz CT molecular complexity index is 3970. The molecule has 0 saturated carbocycles. The van der Waals surface area contributed by atoms with Gasteiger partial charge in [0.15, 0.2) is 7.28 Å². The normalized spacial score (nSPS) is 17.2. The highest BCUT2D eigenvalue weighted by molar-refractivity contribution is 7.25. The number of nitrogens with zero attached hydrogens (tertiary/aromatic N) is 1. The summed E-state index contributed by atoms with van der Waals surface area (Å²) in [5.41, 5.74) is 26.6. The van der Waals surface area contributed by atoms with Gasteiger partial charge < -0.3 is 9.88 Å². The minimum atomic E-state index is -0.181. The van der Waals surface area contributed by atoms with Gasteiger partial charge in [-0.05, 0) is 161 Å². The van der Waals surface area contributed by atoms with E-state index < -0.39 is 0 Å². The molecule has 0 unspecified atom stereocenters. The standard InChI is InChI=1S/C66H60BN2S/c1-62(2,3)36-20-22-37(23-21-36)68-55-33-50-43(44-30-52-53(32-49(44)66(50,10)11)64(6,7)27-26-63(52,4)5)28-45(55)40-24-25-41-46-29-42-38-16-12-14-18-48(38)65(8,9)51(42)34-56(46)69-57-35-59-47(31-54(57)67-60(40)61(41)69)39-17-13-15-19-58(39)70-59/h12-25,28-35,68H,26-27H2,1-11H3. The zero-order valence-corrected chi connectivity index (χ0v) is 43.4. The van der Waals surface area contributed by atoms with E-state index in [0.717, 1.165) is 11.4 Å². The summed E-state index contributed by atoms with van der Waals surface area (Å²) in [6.07, 6.45) is 2.40. The van der Waals surface area contributed by atoms with Gasteiger partial charge in [-0.1, -0.05) is 160 Å². The first-order valence-electron chi connectivity index (χ1n) is 25.6. The Balaban J connectivity index is 1.06. The van der Waals surface area contributed by atoms with Crippen LogP contribution >= 0.6 is 11.3 Å². The predicted molar refractivity (Wildman–Crippen MR) is 303 cm³/mol. The van der Waals surface area contributed by atoms with Crippen LogP contribution in [0.5, 0.6) is 0 Å². The molecule has 10 aromatic rings. The molecule has 4 heteroatoms. The first-order chi connectivity index (χ1) is 33.3. The van der Waals surface area contributed by atoms with Crippen molar-refractivity contribution < 1.29 is 0 Å². The minimum absolute atomic E-state index is 0.0676. The fourth-order valence-electron chi connectivity index (χ4n) is 13.6. The number of hydrogen-bond donors (Lipinski definition) is 1. The van der Waals surface area contributed by atoms with Gasteiger partial charge in [-0.3, -0.25) is 0 Å². The number of aromatic nitrogens is 1. The molecule has 1 aliphatic heterocycles. The first-order valence-corrected chi connectivity index (χ1v) is 26.4. The number of rotatable bonds is 3. The predicted octanol–water partition coefficient (Wildman–Crippen LogP) is 16.8. The van der Waals surface area contributed by atoms with Crippen LogP contribution in [0, 0.1) is 0 Å². The van der Waals surface area contributed by atoms with E-state index in [1.54, 1.807) is 0 Å². The summed E-state index contributed by atoms with van der Waals surface area (Å²) in [6, 6.07) is 52.4. The first kappa shape index (κ1) is 42.5. The van der Waals surface area contributed by atoms with Gasteiger partial charge in [0, 0.05) is 64.5 Å². The van der Waals surface area contributed by atoms with Crippen molar-refractivity contribution in [3.05, 3.63) is 172 Å². The monoisotopic (exact) mass is 923 g/mol. The number of hydrogen-bond acceptors (Lipinski definition) is 2. The topological polar surface area (TPSA) is 17.0 Å². The second kappa shape index (κ2) is 13.7. The van der Waals surface area contributed by atoms with Gasteiger partial charge in [-0.2, -0.15) is 0 Å². The molecule has 2 aromatic heterocycles. The molecular weight excluding hydrogens is 864 g/mol. The zero-order chi connectivity index (χ0) is 48.2. The smallest absolute Gasteiger partial charge is 0.197 e. The van der Waals surface area contributed by atoms with Gasteiger partial charge in [-0.15, -0.1) is 11.3 Å². The van der Waals surface area contributed by atoms with Crippen molar-refractivity contribution in [1.29, 1.82) is 0 Å². The van der Waals surface area contributed by atoms with E-state index >= 15 is 0 Å². The van der Waals surface area contributed by atoms with Crippen LogP contribution in [0.3, 0.4) is 0 Å². The van der Waals surface area contributed by atoms with E-state index in [1.165, 1.54) is 144 Å². The molecule has 3 aliphatic carbocycles. The molecule has 2 nitrogen and oxygen atoms in total. The van der Waals surface area contributed by atoms with Crippen LogP contribution in [0.2, 0.25) is 0 Å². The van der Waals surface area contributed by atoms with Crippen molar-refractivity contribution in [1.82, 2.24) is 4.57 Å². The molecule has 343 valence electrons. The van der Waals surface area contributed by atoms with E-state index in [9.17, 15) is 0 Å². The second-order valence-electron chi connectivity index (χ2n) is 24.7. The SMILES string of the molecule is CC(C)(C)c1ccc(Nc2cc3c(cc2-c2ccc4c5cc6c(cc5n5c4c2[B]c2cc4c(cc2-5)sc2ccccc24)C(C)(C)c2ccccc2-6)-c2cc4c(cc2C3(C)C)C(C)(C)CCC4(C)C)cc1. The molecule has 0 amide bonds. The summed E-state index contributed by atoms with van der Waals surface area (Å²) < 4.78 is 5.30. The van der Waals surface area contributed by atoms with Crippen LogP contribution < -0.4 is 16.2 Å². The number of anilines is 2. The molecule has 3 heterocycles. The lowest BCUT2D eigenvalue weighted by Gasteiger charge is -2.42. The van der Waals surface area contributed by atoms with Crippen molar-refractivity contribution in [2.75, 3.05) is 5.32 Å². The number of thiophene rings is 1. The largest absolute Gasteiger partial charge is 0.355 e. The average molecular weight is 924 g/mol. The molecule has 0 spiro atoms. The van der Waals surface area contributed by atoms with Crippen molar-refractivity contribution in [2.45, 2.75) is 116 Å². The van der Waals surface area contributed by atoms with E-state index in [4.69, 9.17) is 0 Å². The Labute approximate surface area is 418 Å². The lowest BCUT2D eigenvalue weighted by molar-refractivity contribution is 0.331. The van der Waals surface area contributed by atoms with Crippen LogP contribution in [0.1, 0.15) is 128 Å². The summed E-state index contributed by atoms with van der Waals surface area (Å²) in [4.78, 5) is 0. The van der Waals surface area contributed by atoms with E-state index in [0.29, 0.717) is 0 Å². The highest BCUT2D eigenvalue weighted by atomic mass is 32.1. The Morgan fingerprint density at radius 2 is 1.16 bits per heavy atom. The molecule has 70 heavy (non-hydrogen) atoms. The van der Waals surface area contributed by atoms with Crippen molar-refractivity contribution >= 4 is 82.9 Å². The highest BCUT2D eigenvalue weighted by Gasteiger charge is 2.44. The van der Waals surface area contributed by atoms with Crippen LogP contribution in [-0.2, 0) is 27.1 Å². The van der Waals surface area contributed by atoms with Gasteiger partial charge in [0.05, 0.1) is 5.52 Å². The quantitative estimate of drug-likeness (QED) is 0.175. The minimum Gasteiger partial charge on any atom is -0.355 e. The Kier molecular flexibility index (Phi) is 8.34. The average Bonchev–Trinajstić information content (AvgIpc) is 3.99. The Morgan fingerprint density at radius 1 is 0.500 bits per heavy atom. The van der Waals surface area contributed by atoms with E-state index in [2.05, 4.69) is 227 Å². The number of fused-ring (bicyclic) bond motifs is 15. The third-order valence-electron chi connectivity index (χ3n) is 17.8. The van der Waals surface area contributed by atoms with Gasteiger partial charge in [0.1, 0.15) is 0 Å². The molecule has 0 atom stereocenters. The van der Waals surface area contributed by atoms with Crippen molar-refractivity contribution in [2.24, 2.45) is 0 Å². The zero-order valence-electron chi connectivity index (χ0n) is 42.5. The summed E-state index contributed by atoms with van der Waals surface area (Å²) in [6.45, 7) is 26.5.